The van der Waals surface area contributed by atoms with Gasteiger partial charge in [-0.3, -0.25) is 0 Å². The van der Waals surface area contributed by atoms with Gasteiger partial charge in [-0.2, -0.15) is 0 Å². The van der Waals surface area contributed by atoms with Crippen LogP contribution in [0.1, 0.15) is 87.1 Å². The lowest BCUT2D eigenvalue weighted by Gasteiger charge is -2.31. The molecule has 15 rings (SSSR count). The summed E-state index contributed by atoms with van der Waals surface area (Å²) in [5, 5.41) is 0. The van der Waals surface area contributed by atoms with Crippen molar-refractivity contribution < 1.29 is 0 Å². The third kappa shape index (κ3) is 18.3. The van der Waals surface area contributed by atoms with Crippen LogP contribution in [0.3, 0.4) is 0 Å². The van der Waals surface area contributed by atoms with Gasteiger partial charge in [0.2, 0.25) is 0 Å². The zero-order chi connectivity index (χ0) is 79.2. The summed E-state index contributed by atoms with van der Waals surface area (Å²) in [6.45, 7) is 11.1. The van der Waals surface area contributed by atoms with E-state index in [0.29, 0.717) is 0 Å². The lowest BCUT2D eigenvalue weighted by Crippen LogP contribution is -2.15. The molecule has 0 saturated carbocycles. The van der Waals surface area contributed by atoms with Crippen molar-refractivity contribution in [3.8, 4) is 0 Å². The summed E-state index contributed by atoms with van der Waals surface area (Å²) < 4.78 is 0. The van der Waals surface area contributed by atoms with Crippen LogP contribution in [0.15, 0.2) is 364 Å². The number of aryl methyl sites for hydroxylation is 5. The van der Waals surface area contributed by atoms with Crippen molar-refractivity contribution >= 4 is 173 Å². The molecular weight excluding hydrogens is 1390 g/mol. The molecule has 0 bridgehead atoms. The van der Waals surface area contributed by atoms with Gasteiger partial charge < -0.3 is 34.3 Å². The molecule has 0 N–H and O–H groups in total. The van der Waals surface area contributed by atoms with Crippen LogP contribution in [0.25, 0.3) is 0 Å². The molecule has 115 heavy (non-hydrogen) atoms. The smallest absolute Gasteiger partial charge is 0.139 e. The number of nitrogens with zero attached hydrogens (tertiary/aromatic N) is 7. The van der Waals surface area contributed by atoms with E-state index in [1.54, 1.807) is 0 Å². The summed E-state index contributed by atoms with van der Waals surface area (Å²) in [6.07, 6.45) is 10.2. The van der Waals surface area contributed by atoms with E-state index in [4.69, 9.17) is 0 Å². The molecule has 0 atom stereocenters. The number of unbranched alkanes of at least 4 members (excludes halogenated alkanes) is 3. The van der Waals surface area contributed by atoms with Crippen LogP contribution < -0.4 is 56.2 Å². The minimum atomic E-state index is 1.03. The Morgan fingerprint density at radius 1 is 0.157 bits per heavy atom. The Kier molecular flexibility index (Phi) is 24.5. The van der Waals surface area contributed by atoms with Crippen molar-refractivity contribution in [2.75, 3.05) is 34.3 Å². The van der Waals surface area contributed by atoms with E-state index < -0.39 is 0 Å². The highest BCUT2D eigenvalue weighted by atomic mass is 15.2. The van der Waals surface area contributed by atoms with E-state index in [0.717, 1.165) is 152 Å². The van der Waals surface area contributed by atoms with Crippen molar-refractivity contribution in [1.29, 1.82) is 0 Å². The van der Waals surface area contributed by atoms with Crippen LogP contribution in [0.4, 0.5) is 119 Å². The summed E-state index contributed by atoms with van der Waals surface area (Å²) in [7, 11) is 8.59. The van der Waals surface area contributed by atoms with Crippen LogP contribution in [0.5, 0.6) is 0 Å². The summed E-state index contributed by atoms with van der Waals surface area (Å²) >= 11 is 0. The summed E-state index contributed by atoms with van der Waals surface area (Å²) in [4.78, 5) is 16.6. The van der Waals surface area contributed by atoms with Crippen LogP contribution >= 0.6 is 0 Å². The largest absolute Gasteiger partial charge is 0.311 e. The number of rotatable bonds is 30. The van der Waals surface area contributed by atoms with Gasteiger partial charge in [-0.15, -0.1) is 0 Å². The first-order valence-corrected chi connectivity index (χ1v) is 41.2. The predicted octanol–water partition coefficient (Wildman–Crippen LogP) is 23.7. The van der Waals surface area contributed by atoms with Gasteiger partial charge in [0.15, 0.2) is 0 Å². The van der Waals surface area contributed by atoms with E-state index in [-0.39, 0.29) is 0 Å². The highest BCUT2D eigenvalue weighted by Crippen LogP contribution is 2.47. The maximum absolute atomic E-state index is 2.39. The molecule has 0 aliphatic rings. The van der Waals surface area contributed by atoms with Gasteiger partial charge in [0.25, 0.3) is 0 Å². The second kappa shape index (κ2) is 36.3. The molecule has 564 valence electrons. The zero-order valence-electron chi connectivity index (χ0n) is 68.1. The second-order valence-electron chi connectivity index (χ2n) is 30.8. The van der Waals surface area contributed by atoms with Gasteiger partial charge in [0.05, 0.1) is 0 Å². The van der Waals surface area contributed by atoms with Gasteiger partial charge in [-0.25, -0.2) is 0 Å². The summed E-state index contributed by atoms with van der Waals surface area (Å²) in [5.41, 5.74) is 33.9. The van der Waals surface area contributed by atoms with E-state index in [1.807, 2.05) is 0 Å². The van der Waals surface area contributed by atoms with Gasteiger partial charge >= 0.3 is 0 Å². The first-order chi connectivity index (χ1) is 56.3. The Hall–Kier alpha value is -12.8. The Labute approximate surface area is 686 Å². The molecule has 0 aliphatic carbocycles. The highest BCUT2D eigenvalue weighted by Gasteiger charge is 2.24. The third-order valence-electron chi connectivity index (χ3n) is 22.0. The Morgan fingerprint density at radius 3 is 0.383 bits per heavy atom. The highest BCUT2D eigenvalue weighted by molar-refractivity contribution is 6.33. The molecule has 7 nitrogen and oxygen atoms in total. The van der Waals surface area contributed by atoms with Gasteiger partial charge in [-0.05, 0) is 324 Å². The fourth-order valence-corrected chi connectivity index (χ4v) is 15.4. The van der Waals surface area contributed by atoms with Crippen LogP contribution in [-0.4, -0.2) is 31.4 Å². The Balaban J connectivity index is 0.778. The number of benzene rings is 15. The monoisotopic (exact) mass is 1490 g/mol. The molecule has 0 radical (unpaired) electrons. The average molecular weight is 1490 g/mol. The van der Waals surface area contributed by atoms with Crippen molar-refractivity contribution in [3.63, 3.8) is 0 Å². The standard InChI is InChI=1S/C104H101B4N7/c1-6-9-12-77-19-37-86(38-20-77)111(89-43-25-80(105)26-44-89)97-59-51-93(52-60-97)109(84-33-15-75(4)16-34-84)94-53-63-99(64-54-94)113(88-41-23-79(24-42-88)14-11-8-3)100-65-55-95(56-66-100)110(85-35-17-76(5)18-36-85)96-57-69-102(70-58-96)115(104-73-67-101(68-74-104)114(91-47-29-82(107)30-48-91)92-49-31-83(108)32-50-92)103-71-61-98(62-72-103)112(90-45-27-81(106)28-46-90)87-39-21-78(22-40-87)13-10-7-2/h15-74H,6-14,105-108H2,1-5H3. The van der Waals surface area contributed by atoms with Crippen molar-refractivity contribution in [2.24, 2.45) is 0 Å². The fraction of sp³-hybridized carbons (Fsp3) is 0.135. The number of hydrogen-bond donors (Lipinski definition) is 0. The quantitative estimate of drug-likeness (QED) is 0.0413. The van der Waals surface area contributed by atoms with Crippen molar-refractivity contribution in [1.82, 2.24) is 0 Å². The molecule has 15 aromatic rings. The van der Waals surface area contributed by atoms with Crippen LogP contribution in [0.2, 0.25) is 0 Å². The molecule has 0 heterocycles. The lowest BCUT2D eigenvalue weighted by atomic mass is 9.95. The molecule has 0 fully saturated rings. The van der Waals surface area contributed by atoms with Crippen LogP contribution in [-0.2, 0) is 19.3 Å². The van der Waals surface area contributed by atoms with E-state index in [2.05, 4.69) is 464 Å². The van der Waals surface area contributed by atoms with Gasteiger partial charge in [-0.1, -0.05) is 182 Å². The maximum Gasteiger partial charge on any atom is 0.139 e. The number of hydrogen-bond acceptors (Lipinski definition) is 7. The predicted molar refractivity (Wildman–Crippen MR) is 507 cm³/mol. The van der Waals surface area contributed by atoms with Crippen molar-refractivity contribution in [2.45, 2.75) is 92.4 Å². The summed E-state index contributed by atoms with van der Waals surface area (Å²) in [6, 6.07) is 135. The maximum atomic E-state index is 2.39. The number of anilines is 21. The molecule has 0 spiro atoms. The zero-order valence-corrected chi connectivity index (χ0v) is 68.1. The molecule has 11 heteroatoms. The SMILES string of the molecule is Bc1ccc(N(c2ccc(B)cc2)c2ccc(N(c3ccc(N(c4ccc(B)cc4)c4ccc(CCCC)cc4)cc3)c3ccc(N(c4ccc(C)cc4)c4ccc(N(c5ccc(CCCC)cc5)c5ccc(N(c6ccc(C)cc6)c6ccc(N(c7ccc(B)cc7)c7ccc(CCCC)cc7)cc6)cc5)cc4)cc3)cc2)cc1. The van der Waals surface area contributed by atoms with E-state index in [9.17, 15) is 0 Å². The first-order valence-electron chi connectivity index (χ1n) is 41.2. The lowest BCUT2D eigenvalue weighted by molar-refractivity contribution is 0.795. The third-order valence-corrected chi connectivity index (χ3v) is 22.0. The van der Waals surface area contributed by atoms with E-state index >= 15 is 0 Å². The molecule has 0 aliphatic heterocycles. The normalized spacial score (nSPS) is 11.1. The minimum absolute atomic E-state index is 1.03. The van der Waals surface area contributed by atoms with Crippen molar-refractivity contribution in [3.05, 3.63) is 392 Å². The Morgan fingerprint density at radius 2 is 0.261 bits per heavy atom. The molecular formula is C104H101B4N7. The first kappa shape index (κ1) is 77.5. The van der Waals surface area contributed by atoms with Gasteiger partial charge in [0.1, 0.15) is 31.4 Å². The molecule has 0 amide bonds. The molecule has 0 saturated heterocycles. The second-order valence-corrected chi connectivity index (χ2v) is 30.8. The Bertz CT molecular complexity index is 5560. The van der Waals surface area contributed by atoms with Gasteiger partial charge in [0, 0.05) is 119 Å². The molecule has 15 aromatic carbocycles. The molecule has 0 aromatic heterocycles. The minimum Gasteiger partial charge on any atom is -0.311 e. The summed E-state index contributed by atoms with van der Waals surface area (Å²) in [5.74, 6) is 0. The molecule has 0 unspecified atom stereocenters. The van der Waals surface area contributed by atoms with Crippen LogP contribution in [0, 0.1) is 13.8 Å². The van der Waals surface area contributed by atoms with E-state index in [1.165, 1.54) is 75.4 Å². The average Bonchev–Trinajstić information content (AvgIpc) is 0.779. The topological polar surface area (TPSA) is 22.7 Å². The fourth-order valence-electron chi connectivity index (χ4n) is 15.4.